The first kappa shape index (κ1) is 9.97. The van der Waals surface area contributed by atoms with Crippen LogP contribution in [-0.4, -0.2) is 11.9 Å². The Morgan fingerprint density at radius 1 is 1.36 bits per heavy atom. The van der Waals surface area contributed by atoms with Crippen molar-refractivity contribution in [1.82, 2.24) is 0 Å². The molecule has 0 unspecified atom stereocenters. The van der Waals surface area contributed by atoms with E-state index in [1.54, 1.807) is 24.3 Å². The van der Waals surface area contributed by atoms with Crippen LogP contribution in [0.15, 0.2) is 29.3 Å². The van der Waals surface area contributed by atoms with Gasteiger partial charge in [0.15, 0.2) is 0 Å². The van der Waals surface area contributed by atoms with E-state index in [1.165, 1.54) is 0 Å². The van der Waals surface area contributed by atoms with Crippen molar-refractivity contribution in [3.05, 3.63) is 29.8 Å². The topological polar surface area (TPSA) is 90.7 Å². The Balaban J connectivity index is 2.89. The summed E-state index contributed by atoms with van der Waals surface area (Å²) in [7, 11) is 0. The summed E-state index contributed by atoms with van der Waals surface area (Å²) < 4.78 is 11.3. The largest absolute Gasteiger partial charge is 0.472 e. The number of halogens is 1. The number of benzene rings is 1. The van der Waals surface area contributed by atoms with Crippen LogP contribution in [0.1, 0.15) is 5.56 Å². The van der Waals surface area contributed by atoms with Gasteiger partial charge in [0, 0.05) is 15.8 Å². The van der Waals surface area contributed by atoms with E-state index in [9.17, 15) is 9.32 Å². The highest BCUT2D eigenvalue weighted by molar-refractivity contribution is 6.02. The Kier molecular flexibility index (Phi) is 3.01. The van der Waals surface area contributed by atoms with Gasteiger partial charge >= 0.3 is 6.09 Å². The predicted octanol–water partition coefficient (Wildman–Crippen LogP) is 0.995. The molecule has 0 bridgehead atoms. The van der Waals surface area contributed by atoms with E-state index >= 15 is 0 Å². The van der Waals surface area contributed by atoms with E-state index in [0.29, 0.717) is 11.3 Å². The van der Waals surface area contributed by atoms with Crippen LogP contribution >= 0.6 is 0 Å². The van der Waals surface area contributed by atoms with E-state index in [1.807, 2.05) is 0 Å². The van der Waals surface area contributed by atoms with Crippen LogP contribution in [0.3, 0.4) is 0 Å². The van der Waals surface area contributed by atoms with Crippen molar-refractivity contribution in [1.29, 1.82) is 0 Å². The molecule has 0 atom stereocenters. The van der Waals surface area contributed by atoms with Crippen LogP contribution in [0.5, 0.6) is 0 Å². The summed E-state index contributed by atoms with van der Waals surface area (Å²) in [6.45, 7) is 0. The summed E-state index contributed by atoms with van der Waals surface area (Å²) >= 11 is 0. The zero-order chi connectivity index (χ0) is 10.6. The van der Waals surface area contributed by atoms with Gasteiger partial charge in [-0.15, -0.1) is 0 Å². The molecule has 0 aliphatic rings. The van der Waals surface area contributed by atoms with Crippen molar-refractivity contribution in [3.63, 3.8) is 0 Å². The molecule has 1 amide bonds. The molecule has 0 aliphatic heterocycles. The number of carbonyl (C=O) groups is 1. The minimum Gasteiger partial charge on any atom is -0.399 e. The van der Waals surface area contributed by atoms with Crippen molar-refractivity contribution in [2.75, 3.05) is 5.73 Å². The van der Waals surface area contributed by atoms with Crippen LogP contribution in [0.4, 0.5) is 15.0 Å². The molecule has 6 heteroatoms. The van der Waals surface area contributed by atoms with Crippen molar-refractivity contribution in [3.8, 4) is 0 Å². The quantitative estimate of drug-likeness (QED) is 0.399. The van der Waals surface area contributed by atoms with Crippen molar-refractivity contribution < 1.29 is 14.3 Å². The standard InChI is InChI=1S/C8H8FN3O2/c9-14-8(13)12-7(11)5-1-3-6(10)4-2-5/h1-4H,10H2,(H2,11,12,13). The number of amidine groups is 1. The zero-order valence-corrected chi connectivity index (χ0v) is 7.11. The number of nitrogens with two attached hydrogens (primary N) is 2. The number of carbonyl (C=O) groups excluding carboxylic acids is 1. The number of nitrogens with zero attached hydrogens (tertiary/aromatic N) is 1. The minimum atomic E-state index is -1.39. The first-order valence-corrected chi connectivity index (χ1v) is 3.66. The van der Waals surface area contributed by atoms with Gasteiger partial charge in [-0.25, -0.2) is 9.74 Å². The van der Waals surface area contributed by atoms with Crippen LogP contribution in [0.2, 0.25) is 0 Å². The van der Waals surface area contributed by atoms with Gasteiger partial charge in [-0.1, -0.05) is 0 Å². The number of nitrogen functional groups attached to an aromatic ring is 1. The third kappa shape index (κ3) is 2.44. The number of hydrogen-bond acceptors (Lipinski definition) is 3. The number of aliphatic imine (C=N–C) groups is 1. The van der Waals surface area contributed by atoms with Gasteiger partial charge in [-0.05, 0) is 24.3 Å². The second kappa shape index (κ2) is 4.22. The smallest absolute Gasteiger partial charge is 0.399 e. The Morgan fingerprint density at radius 3 is 2.43 bits per heavy atom. The summed E-state index contributed by atoms with van der Waals surface area (Å²) in [5, 5.41) is 0. The van der Waals surface area contributed by atoms with Gasteiger partial charge in [-0.2, -0.15) is 4.99 Å². The number of amides is 1. The molecular weight excluding hydrogens is 189 g/mol. The average Bonchev–Trinajstić information content (AvgIpc) is 2.18. The highest BCUT2D eigenvalue weighted by atomic mass is 19.3. The summed E-state index contributed by atoms with van der Waals surface area (Å²) in [6, 6.07) is 6.27. The second-order valence-electron chi connectivity index (χ2n) is 2.46. The Morgan fingerprint density at radius 2 is 1.93 bits per heavy atom. The molecule has 4 N–H and O–H groups in total. The van der Waals surface area contributed by atoms with E-state index < -0.39 is 6.09 Å². The molecule has 1 aromatic carbocycles. The second-order valence-corrected chi connectivity index (χ2v) is 2.46. The van der Waals surface area contributed by atoms with Gasteiger partial charge in [0.25, 0.3) is 0 Å². The maximum absolute atomic E-state index is 11.3. The Bertz CT molecular complexity index is 361. The molecule has 5 nitrogen and oxygen atoms in total. The Hall–Kier alpha value is -2.11. The molecule has 0 radical (unpaired) electrons. The molecule has 1 rings (SSSR count). The molecule has 0 fully saturated rings. The fourth-order valence-electron chi connectivity index (χ4n) is 0.834. The van der Waals surface area contributed by atoms with Crippen LogP contribution in [0, 0.1) is 0 Å². The fourth-order valence-corrected chi connectivity index (χ4v) is 0.834. The molecule has 0 aliphatic carbocycles. The van der Waals surface area contributed by atoms with Crippen molar-refractivity contribution >= 4 is 17.6 Å². The highest BCUT2D eigenvalue weighted by Crippen LogP contribution is 2.05. The highest BCUT2D eigenvalue weighted by Gasteiger charge is 2.03. The molecule has 14 heavy (non-hydrogen) atoms. The summed E-state index contributed by atoms with van der Waals surface area (Å²) in [6.07, 6.45) is -1.39. The van der Waals surface area contributed by atoms with Gasteiger partial charge < -0.3 is 11.5 Å². The SMILES string of the molecule is NC(=NC(=O)OF)c1ccc(N)cc1. The molecule has 74 valence electrons. The molecule has 0 heterocycles. The predicted molar refractivity (Wildman–Crippen MR) is 49.2 cm³/mol. The van der Waals surface area contributed by atoms with E-state index in [2.05, 4.69) is 9.93 Å². The normalized spacial score (nSPS) is 11.1. The third-order valence-corrected chi connectivity index (χ3v) is 1.48. The molecule has 0 saturated carbocycles. The third-order valence-electron chi connectivity index (χ3n) is 1.48. The van der Waals surface area contributed by atoms with Crippen LogP contribution in [-0.2, 0) is 4.94 Å². The van der Waals surface area contributed by atoms with Crippen LogP contribution in [0.25, 0.3) is 0 Å². The lowest BCUT2D eigenvalue weighted by Crippen LogP contribution is -2.15. The number of anilines is 1. The summed E-state index contributed by atoms with van der Waals surface area (Å²) in [4.78, 5) is 16.3. The van der Waals surface area contributed by atoms with E-state index in [-0.39, 0.29) is 5.84 Å². The average molecular weight is 197 g/mol. The van der Waals surface area contributed by atoms with Gasteiger partial charge in [0.1, 0.15) is 5.84 Å². The lowest BCUT2D eigenvalue weighted by atomic mass is 10.2. The van der Waals surface area contributed by atoms with Gasteiger partial charge in [0.2, 0.25) is 0 Å². The maximum Gasteiger partial charge on any atom is 0.472 e. The number of hydrogen-bond donors (Lipinski definition) is 2. The first-order valence-electron chi connectivity index (χ1n) is 3.66. The van der Waals surface area contributed by atoms with Gasteiger partial charge in [0.05, 0.1) is 0 Å². The Labute approximate surface area is 79.1 Å². The first-order chi connectivity index (χ1) is 6.63. The molecule has 1 aromatic rings. The monoisotopic (exact) mass is 197 g/mol. The molecular formula is C8H8FN3O2. The van der Waals surface area contributed by atoms with Gasteiger partial charge in [-0.3, -0.25) is 0 Å². The molecule has 0 spiro atoms. The number of rotatable bonds is 1. The van der Waals surface area contributed by atoms with E-state index in [4.69, 9.17) is 11.5 Å². The summed E-state index contributed by atoms with van der Waals surface area (Å²) in [5.74, 6) is -0.132. The summed E-state index contributed by atoms with van der Waals surface area (Å²) in [5.41, 5.74) is 11.8. The lowest BCUT2D eigenvalue weighted by molar-refractivity contribution is -0.0568. The lowest BCUT2D eigenvalue weighted by Gasteiger charge is -1.99. The van der Waals surface area contributed by atoms with E-state index in [0.717, 1.165) is 0 Å². The van der Waals surface area contributed by atoms with Crippen molar-refractivity contribution in [2.24, 2.45) is 10.7 Å². The fraction of sp³-hybridized carbons (Fsp3) is 0. The maximum atomic E-state index is 11.3. The zero-order valence-electron chi connectivity index (χ0n) is 7.11. The van der Waals surface area contributed by atoms with Crippen molar-refractivity contribution in [2.45, 2.75) is 0 Å². The van der Waals surface area contributed by atoms with Crippen LogP contribution < -0.4 is 11.5 Å². The molecule has 0 aromatic heterocycles. The molecule has 0 saturated heterocycles. The minimum absolute atomic E-state index is 0.132.